The maximum Gasteiger partial charge on any atom is 0.131 e. The smallest absolute Gasteiger partial charge is 0.131 e. The number of hydrogen-bond acceptors (Lipinski definition) is 4. The summed E-state index contributed by atoms with van der Waals surface area (Å²) in [5.41, 5.74) is 5.68. The average Bonchev–Trinajstić information content (AvgIpc) is 2.30. The lowest BCUT2D eigenvalue weighted by atomic mass is 9.98. The zero-order valence-corrected chi connectivity index (χ0v) is 8.26. The lowest BCUT2D eigenvalue weighted by Crippen LogP contribution is -2.38. The number of aromatic nitrogens is 2. The molecule has 1 unspecified atom stereocenters. The standard InChI is InChI=1S/C10H16N4/c11-6-9-2-1-5-14(7-9)10-3-4-12-8-13-10/h3-4,8-9H,1-2,5-7,11H2. The molecule has 4 heteroatoms. The number of piperidine rings is 1. The Kier molecular flexibility index (Phi) is 2.93. The van der Waals surface area contributed by atoms with Gasteiger partial charge in [-0.25, -0.2) is 9.97 Å². The van der Waals surface area contributed by atoms with Crippen LogP contribution >= 0.6 is 0 Å². The molecule has 1 aliphatic heterocycles. The number of anilines is 1. The summed E-state index contributed by atoms with van der Waals surface area (Å²) in [6.45, 7) is 2.91. The highest BCUT2D eigenvalue weighted by Gasteiger charge is 2.19. The second-order valence-electron chi connectivity index (χ2n) is 3.76. The predicted molar refractivity (Wildman–Crippen MR) is 56.0 cm³/mol. The number of nitrogens with two attached hydrogens (primary N) is 1. The van der Waals surface area contributed by atoms with Crippen molar-refractivity contribution in [2.24, 2.45) is 11.7 Å². The third-order valence-corrected chi connectivity index (χ3v) is 2.74. The molecule has 0 spiro atoms. The van der Waals surface area contributed by atoms with Gasteiger partial charge in [0.25, 0.3) is 0 Å². The molecular weight excluding hydrogens is 176 g/mol. The molecule has 0 radical (unpaired) electrons. The van der Waals surface area contributed by atoms with E-state index in [4.69, 9.17) is 5.73 Å². The zero-order valence-electron chi connectivity index (χ0n) is 8.26. The molecule has 0 aromatic carbocycles. The molecule has 1 aliphatic rings. The molecule has 1 aromatic rings. The Labute approximate surface area is 84.2 Å². The van der Waals surface area contributed by atoms with Gasteiger partial charge in [0.2, 0.25) is 0 Å². The van der Waals surface area contributed by atoms with E-state index in [0.29, 0.717) is 5.92 Å². The molecule has 0 bridgehead atoms. The van der Waals surface area contributed by atoms with E-state index < -0.39 is 0 Å². The molecule has 76 valence electrons. The SMILES string of the molecule is NCC1CCCN(c2ccncn2)C1. The fourth-order valence-corrected chi connectivity index (χ4v) is 1.94. The van der Waals surface area contributed by atoms with E-state index in [9.17, 15) is 0 Å². The van der Waals surface area contributed by atoms with Gasteiger partial charge in [-0.3, -0.25) is 0 Å². The first-order valence-electron chi connectivity index (χ1n) is 5.11. The van der Waals surface area contributed by atoms with Crippen molar-refractivity contribution < 1.29 is 0 Å². The molecule has 1 fully saturated rings. The van der Waals surface area contributed by atoms with Gasteiger partial charge in [-0.1, -0.05) is 0 Å². The Morgan fingerprint density at radius 3 is 3.21 bits per heavy atom. The molecular formula is C10H16N4. The van der Waals surface area contributed by atoms with Gasteiger partial charge in [-0.05, 0) is 31.4 Å². The summed E-state index contributed by atoms with van der Waals surface area (Å²) in [6.07, 6.45) is 5.85. The Morgan fingerprint density at radius 2 is 2.50 bits per heavy atom. The van der Waals surface area contributed by atoms with Crippen molar-refractivity contribution in [3.05, 3.63) is 18.6 Å². The summed E-state index contributed by atoms with van der Waals surface area (Å²) in [6, 6.07) is 1.96. The van der Waals surface area contributed by atoms with Crippen LogP contribution in [0.4, 0.5) is 5.82 Å². The lowest BCUT2D eigenvalue weighted by molar-refractivity contribution is 0.421. The third kappa shape index (κ3) is 2.01. The Bertz CT molecular complexity index is 275. The van der Waals surface area contributed by atoms with Crippen molar-refractivity contribution in [3.8, 4) is 0 Å². The zero-order chi connectivity index (χ0) is 9.80. The molecule has 1 atom stereocenters. The summed E-state index contributed by atoms with van der Waals surface area (Å²) < 4.78 is 0. The van der Waals surface area contributed by atoms with Crippen LogP contribution in [0.15, 0.2) is 18.6 Å². The molecule has 1 aromatic heterocycles. The van der Waals surface area contributed by atoms with Gasteiger partial charge in [0.1, 0.15) is 12.1 Å². The molecule has 2 heterocycles. The lowest BCUT2D eigenvalue weighted by Gasteiger charge is -2.32. The minimum absolute atomic E-state index is 0.624. The Morgan fingerprint density at radius 1 is 1.57 bits per heavy atom. The van der Waals surface area contributed by atoms with Gasteiger partial charge >= 0.3 is 0 Å². The maximum absolute atomic E-state index is 5.68. The first-order valence-corrected chi connectivity index (χ1v) is 5.11. The molecule has 1 saturated heterocycles. The Hall–Kier alpha value is -1.16. The van der Waals surface area contributed by atoms with Crippen molar-refractivity contribution in [3.63, 3.8) is 0 Å². The fourth-order valence-electron chi connectivity index (χ4n) is 1.94. The van der Waals surface area contributed by atoms with E-state index in [2.05, 4.69) is 14.9 Å². The summed E-state index contributed by atoms with van der Waals surface area (Å²) in [4.78, 5) is 10.5. The molecule has 2 rings (SSSR count). The number of rotatable bonds is 2. The predicted octanol–water partition coefficient (Wildman–Crippen LogP) is 0.652. The molecule has 4 nitrogen and oxygen atoms in total. The topological polar surface area (TPSA) is 55.0 Å². The van der Waals surface area contributed by atoms with Crippen molar-refractivity contribution in [2.45, 2.75) is 12.8 Å². The largest absolute Gasteiger partial charge is 0.356 e. The van der Waals surface area contributed by atoms with Crippen LogP contribution in [0.1, 0.15) is 12.8 Å². The summed E-state index contributed by atoms with van der Waals surface area (Å²) in [7, 11) is 0. The summed E-state index contributed by atoms with van der Waals surface area (Å²) in [5.74, 6) is 1.65. The second-order valence-corrected chi connectivity index (χ2v) is 3.76. The van der Waals surface area contributed by atoms with Gasteiger partial charge in [0, 0.05) is 19.3 Å². The molecule has 0 amide bonds. The van der Waals surface area contributed by atoms with Crippen molar-refractivity contribution >= 4 is 5.82 Å². The van der Waals surface area contributed by atoms with Crippen molar-refractivity contribution in [1.29, 1.82) is 0 Å². The Balaban J connectivity index is 2.04. The molecule has 2 N–H and O–H groups in total. The van der Waals surface area contributed by atoms with E-state index in [1.807, 2.05) is 6.07 Å². The van der Waals surface area contributed by atoms with Crippen LogP contribution in [0, 0.1) is 5.92 Å². The van der Waals surface area contributed by atoms with Crippen LogP contribution in [0.2, 0.25) is 0 Å². The maximum atomic E-state index is 5.68. The van der Waals surface area contributed by atoms with Gasteiger partial charge in [-0.2, -0.15) is 0 Å². The van der Waals surface area contributed by atoms with E-state index >= 15 is 0 Å². The van der Waals surface area contributed by atoms with Crippen molar-refractivity contribution in [1.82, 2.24) is 9.97 Å². The van der Waals surface area contributed by atoms with Gasteiger partial charge < -0.3 is 10.6 Å². The van der Waals surface area contributed by atoms with E-state index in [-0.39, 0.29) is 0 Å². The molecule has 14 heavy (non-hydrogen) atoms. The monoisotopic (exact) mass is 192 g/mol. The van der Waals surface area contributed by atoms with Gasteiger partial charge in [-0.15, -0.1) is 0 Å². The summed E-state index contributed by atoms with van der Waals surface area (Å²) in [5, 5.41) is 0. The normalized spacial score (nSPS) is 22.4. The van der Waals surface area contributed by atoms with Crippen LogP contribution < -0.4 is 10.6 Å². The average molecular weight is 192 g/mol. The summed E-state index contributed by atoms with van der Waals surface area (Å²) >= 11 is 0. The number of nitrogens with zero attached hydrogens (tertiary/aromatic N) is 3. The third-order valence-electron chi connectivity index (χ3n) is 2.74. The first-order chi connectivity index (χ1) is 6.90. The van der Waals surface area contributed by atoms with Crippen LogP contribution in [-0.2, 0) is 0 Å². The number of hydrogen-bond donors (Lipinski definition) is 1. The van der Waals surface area contributed by atoms with Crippen LogP contribution in [0.3, 0.4) is 0 Å². The highest BCUT2D eigenvalue weighted by molar-refractivity contribution is 5.36. The van der Waals surface area contributed by atoms with Crippen molar-refractivity contribution in [2.75, 3.05) is 24.5 Å². The van der Waals surface area contributed by atoms with Crippen LogP contribution in [-0.4, -0.2) is 29.6 Å². The highest BCUT2D eigenvalue weighted by atomic mass is 15.2. The minimum atomic E-state index is 0.624. The quantitative estimate of drug-likeness (QED) is 0.747. The molecule has 0 saturated carbocycles. The highest BCUT2D eigenvalue weighted by Crippen LogP contribution is 2.19. The van der Waals surface area contributed by atoms with Gasteiger partial charge in [0.05, 0.1) is 0 Å². The van der Waals surface area contributed by atoms with Gasteiger partial charge in [0.15, 0.2) is 0 Å². The second kappa shape index (κ2) is 4.37. The minimum Gasteiger partial charge on any atom is -0.356 e. The van der Waals surface area contributed by atoms with Crippen LogP contribution in [0.25, 0.3) is 0 Å². The van der Waals surface area contributed by atoms with Crippen LogP contribution in [0.5, 0.6) is 0 Å². The first kappa shape index (κ1) is 9.40. The fraction of sp³-hybridized carbons (Fsp3) is 0.600. The van der Waals surface area contributed by atoms with E-state index in [0.717, 1.165) is 25.5 Å². The van der Waals surface area contributed by atoms with E-state index in [1.165, 1.54) is 12.8 Å². The molecule has 0 aliphatic carbocycles. The van der Waals surface area contributed by atoms with E-state index in [1.54, 1.807) is 12.5 Å².